The van der Waals surface area contributed by atoms with Crippen LogP contribution in [0.3, 0.4) is 0 Å². The Morgan fingerprint density at radius 2 is 1.46 bits per heavy atom. The van der Waals surface area contributed by atoms with Crippen LogP contribution >= 0.6 is 0 Å². The van der Waals surface area contributed by atoms with Gasteiger partial charge in [-0.1, -0.05) is 87.5 Å². The van der Waals surface area contributed by atoms with Crippen molar-refractivity contribution in [3.63, 3.8) is 0 Å². The number of nitrogens with one attached hydrogen (secondary N) is 1. The Balaban J connectivity index is 1.92. The van der Waals surface area contributed by atoms with Gasteiger partial charge in [-0.15, -0.1) is 0 Å². The molecule has 1 atom stereocenters. The maximum atomic E-state index is 13.9. The van der Waals surface area contributed by atoms with E-state index in [2.05, 4.69) is 50.4 Å². The van der Waals surface area contributed by atoms with Crippen molar-refractivity contribution >= 4 is 11.8 Å². The SMILES string of the molecule is COc1cccc(CN(C(=O)CCc2ccc(C(C)(C)C)cc2)C(Cc2ccccc2)C(=O)NC(C)(C)C)c1. The van der Waals surface area contributed by atoms with E-state index in [0.717, 1.165) is 22.4 Å². The van der Waals surface area contributed by atoms with E-state index in [9.17, 15) is 9.59 Å². The highest BCUT2D eigenvalue weighted by Gasteiger charge is 2.32. The molecule has 0 radical (unpaired) electrons. The fraction of sp³-hybridized carbons (Fsp3) is 0.412. The summed E-state index contributed by atoms with van der Waals surface area (Å²) >= 11 is 0. The quantitative estimate of drug-likeness (QED) is 0.328. The fourth-order valence-electron chi connectivity index (χ4n) is 4.54. The molecule has 1 unspecified atom stereocenters. The van der Waals surface area contributed by atoms with Gasteiger partial charge in [0.2, 0.25) is 11.8 Å². The Hall–Kier alpha value is -3.60. The average Bonchev–Trinajstić information content (AvgIpc) is 2.88. The second kappa shape index (κ2) is 13.0. The first-order valence-electron chi connectivity index (χ1n) is 13.7. The summed E-state index contributed by atoms with van der Waals surface area (Å²) in [6, 6.07) is 25.4. The third kappa shape index (κ3) is 9.27. The number of nitrogens with zero attached hydrogens (tertiary/aromatic N) is 1. The number of carbonyl (C=O) groups is 2. The van der Waals surface area contributed by atoms with Crippen molar-refractivity contribution < 1.29 is 14.3 Å². The lowest BCUT2D eigenvalue weighted by molar-refractivity contribution is -0.141. The number of ether oxygens (including phenoxy) is 1. The average molecular weight is 529 g/mol. The zero-order valence-corrected chi connectivity index (χ0v) is 24.6. The minimum absolute atomic E-state index is 0.0530. The Morgan fingerprint density at radius 3 is 2.05 bits per heavy atom. The number of amides is 2. The number of carbonyl (C=O) groups excluding carboxylic acids is 2. The minimum atomic E-state index is -0.659. The molecule has 0 bridgehead atoms. The number of rotatable bonds is 10. The summed E-state index contributed by atoms with van der Waals surface area (Å²) in [4.78, 5) is 29.4. The molecule has 5 heteroatoms. The second-order valence-electron chi connectivity index (χ2n) is 12.3. The number of aryl methyl sites for hydroxylation is 1. The van der Waals surface area contributed by atoms with Crippen LogP contribution in [0.1, 0.15) is 70.2 Å². The van der Waals surface area contributed by atoms with Gasteiger partial charge in [0.15, 0.2) is 0 Å². The minimum Gasteiger partial charge on any atom is -0.497 e. The molecule has 208 valence electrons. The van der Waals surface area contributed by atoms with Crippen molar-refractivity contribution in [1.29, 1.82) is 0 Å². The molecule has 0 aliphatic heterocycles. The molecule has 1 N–H and O–H groups in total. The molecule has 0 aliphatic carbocycles. The Kier molecular flexibility index (Phi) is 9.96. The lowest BCUT2D eigenvalue weighted by Gasteiger charge is -2.34. The number of methoxy groups -OCH3 is 1. The van der Waals surface area contributed by atoms with Gasteiger partial charge in [-0.3, -0.25) is 9.59 Å². The van der Waals surface area contributed by atoms with Crippen LogP contribution in [-0.2, 0) is 34.4 Å². The highest BCUT2D eigenvalue weighted by Crippen LogP contribution is 2.23. The van der Waals surface area contributed by atoms with Gasteiger partial charge in [0, 0.05) is 24.9 Å². The van der Waals surface area contributed by atoms with E-state index in [4.69, 9.17) is 4.74 Å². The van der Waals surface area contributed by atoms with E-state index >= 15 is 0 Å². The van der Waals surface area contributed by atoms with Gasteiger partial charge in [0.25, 0.3) is 0 Å². The topological polar surface area (TPSA) is 58.6 Å². The van der Waals surface area contributed by atoms with Crippen LogP contribution < -0.4 is 10.1 Å². The van der Waals surface area contributed by atoms with Crippen LogP contribution in [0.4, 0.5) is 0 Å². The molecule has 0 saturated heterocycles. The van der Waals surface area contributed by atoms with E-state index in [1.54, 1.807) is 12.0 Å². The summed E-state index contributed by atoms with van der Waals surface area (Å²) in [7, 11) is 1.63. The lowest BCUT2D eigenvalue weighted by atomic mass is 9.86. The van der Waals surface area contributed by atoms with E-state index in [1.165, 1.54) is 5.56 Å². The third-order valence-electron chi connectivity index (χ3n) is 6.70. The van der Waals surface area contributed by atoms with Crippen molar-refractivity contribution in [2.75, 3.05) is 7.11 Å². The molecule has 0 aromatic heterocycles. The number of benzene rings is 3. The van der Waals surface area contributed by atoms with Gasteiger partial charge in [0.1, 0.15) is 11.8 Å². The molecule has 0 saturated carbocycles. The molecule has 0 aliphatic rings. The Labute approximate surface area is 234 Å². The van der Waals surface area contributed by atoms with Crippen molar-refractivity contribution in [3.05, 3.63) is 101 Å². The molecule has 0 fully saturated rings. The monoisotopic (exact) mass is 528 g/mol. The summed E-state index contributed by atoms with van der Waals surface area (Å²) < 4.78 is 5.42. The first kappa shape index (κ1) is 29.9. The molecular weight excluding hydrogens is 484 g/mol. The molecule has 0 heterocycles. The van der Waals surface area contributed by atoms with E-state index in [-0.39, 0.29) is 17.2 Å². The summed E-state index contributed by atoms with van der Waals surface area (Å²) in [5.74, 6) is 0.512. The maximum Gasteiger partial charge on any atom is 0.243 e. The zero-order chi connectivity index (χ0) is 28.6. The molecule has 39 heavy (non-hydrogen) atoms. The Bertz CT molecular complexity index is 1220. The first-order chi connectivity index (χ1) is 18.4. The van der Waals surface area contributed by atoms with Crippen LogP contribution in [0, 0.1) is 0 Å². The smallest absolute Gasteiger partial charge is 0.243 e. The van der Waals surface area contributed by atoms with Gasteiger partial charge in [0.05, 0.1) is 7.11 Å². The summed E-state index contributed by atoms with van der Waals surface area (Å²) in [6.45, 7) is 12.8. The summed E-state index contributed by atoms with van der Waals surface area (Å²) in [5.41, 5.74) is 3.94. The standard InChI is InChI=1S/C34H44N2O3/c1-33(2,3)28-19-16-25(17-20-28)18-21-31(37)36(24-27-14-11-15-29(22-27)39-7)30(32(38)35-34(4,5)6)23-26-12-9-8-10-13-26/h8-17,19-20,22,30H,18,21,23-24H2,1-7H3,(H,35,38). The van der Waals surface area contributed by atoms with Crippen molar-refractivity contribution in [2.45, 2.75) is 84.3 Å². The predicted octanol–water partition coefficient (Wildman–Crippen LogP) is 6.48. The highest BCUT2D eigenvalue weighted by molar-refractivity contribution is 5.88. The highest BCUT2D eigenvalue weighted by atomic mass is 16.5. The normalized spacial score (nSPS) is 12.5. The van der Waals surface area contributed by atoms with Gasteiger partial charge in [-0.05, 0) is 67.0 Å². The van der Waals surface area contributed by atoms with Crippen LogP contribution in [0.5, 0.6) is 5.75 Å². The van der Waals surface area contributed by atoms with Crippen molar-refractivity contribution in [1.82, 2.24) is 10.2 Å². The van der Waals surface area contributed by atoms with Gasteiger partial charge in [-0.25, -0.2) is 0 Å². The molecule has 3 aromatic carbocycles. The fourth-order valence-corrected chi connectivity index (χ4v) is 4.54. The van der Waals surface area contributed by atoms with E-state index in [0.29, 0.717) is 25.8 Å². The van der Waals surface area contributed by atoms with Crippen LogP contribution in [0.2, 0.25) is 0 Å². The van der Waals surface area contributed by atoms with Gasteiger partial charge in [-0.2, -0.15) is 0 Å². The molecule has 5 nitrogen and oxygen atoms in total. The third-order valence-corrected chi connectivity index (χ3v) is 6.70. The molecule has 3 rings (SSSR count). The number of hydrogen-bond donors (Lipinski definition) is 1. The van der Waals surface area contributed by atoms with E-state index in [1.807, 2.05) is 75.4 Å². The van der Waals surface area contributed by atoms with Crippen molar-refractivity contribution in [2.24, 2.45) is 0 Å². The molecule has 2 amide bonds. The molecular formula is C34H44N2O3. The van der Waals surface area contributed by atoms with Gasteiger partial charge >= 0.3 is 0 Å². The largest absolute Gasteiger partial charge is 0.497 e. The van der Waals surface area contributed by atoms with Crippen LogP contribution in [-0.4, -0.2) is 35.4 Å². The molecule has 0 spiro atoms. The van der Waals surface area contributed by atoms with Crippen LogP contribution in [0.25, 0.3) is 0 Å². The second-order valence-corrected chi connectivity index (χ2v) is 12.3. The maximum absolute atomic E-state index is 13.9. The van der Waals surface area contributed by atoms with E-state index < -0.39 is 11.6 Å². The zero-order valence-electron chi connectivity index (χ0n) is 24.6. The van der Waals surface area contributed by atoms with Crippen molar-refractivity contribution in [3.8, 4) is 5.75 Å². The summed E-state index contributed by atoms with van der Waals surface area (Å²) in [6.07, 6.45) is 1.35. The number of hydrogen-bond acceptors (Lipinski definition) is 3. The molecule has 3 aromatic rings. The Morgan fingerprint density at radius 1 is 0.821 bits per heavy atom. The van der Waals surface area contributed by atoms with Crippen LogP contribution in [0.15, 0.2) is 78.9 Å². The van der Waals surface area contributed by atoms with Gasteiger partial charge < -0.3 is 15.0 Å². The lowest BCUT2D eigenvalue weighted by Crippen LogP contribution is -2.54. The summed E-state index contributed by atoms with van der Waals surface area (Å²) in [5, 5.41) is 3.12. The first-order valence-corrected chi connectivity index (χ1v) is 13.7. The predicted molar refractivity (Wildman–Crippen MR) is 159 cm³/mol.